The van der Waals surface area contributed by atoms with E-state index >= 15 is 0 Å². The van der Waals surface area contributed by atoms with Crippen molar-refractivity contribution in [3.63, 3.8) is 0 Å². The Morgan fingerprint density at radius 3 is 2.41 bits per heavy atom. The molecule has 1 fully saturated rings. The number of piperidine rings is 1. The number of aliphatic carboxylic acids is 1. The van der Waals surface area contributed by atoms with Crippen LogP contribution in [0, 0.1) is 5.92 Å². The Hall–Kier alpha value is -3.03. The molecule has 2 aromatic rings. The first-order valence-electron chi connectivity index (χ1n) is 9.56. The average Bonchev–Trinajstić information content (AvgIpc) is 3.02. The van der Waals surface area contributed by atoms with Gasteiger partial charge in [0.2, 0.25) is 0 Å². The maximum atomic E-state index is 12.5. The highest BCUT2D eigenvalue weighted by Gasteiger charge is 2.42. The fourth-order valence-corrected chi connectivity index (χ4v) is 4.06. The number of fused-ring (bicyclic) bond motifs is 1. The van der Waals surface area contributed by atoms with E-state index in [4.69, 9.17) is 4.74 Å². The number of benzene rings is 1. The summed E-state index contributed by atoms with van der Waals surface area (Å²) in [6, 6.07) is 6.65. The molecule has 3 rings (SSSR count). The van der Waals surface area contributed by atoms with Gasteiger partial charge in [-0.2, -0.15) is 0 Å². The van der Waals surface area contributed by atoms with Gasteiger partial charge in [0.15, 0.2) is 0 Å². The molecule has 0 aliphatic carbocycles. The van der Waals surface area contributed by atoms with Crippen LogP contribution in [0.3, 0.4) is 0 Å². The molecule has 0 bridgehead atoms. The number of rotatable bonds is 2. The van der Waals surface area contributed by atoms with Gasteiger partial charge in [0, 0.05) is 30.1 Å². The van der Waals surface area contributed by atoms with Crippen molar-refractivity contribution in [1.82, 2.24) is 9.47 Å². The molecule has 8 nitrogen and oxygen atoms in total. The third-order valence-corrected chi connectivity index (χ3v) is 5.39. The second kappa shape index (κ2) is 7.42. The molecule has 8 heteroatoms. The Bertz CT molecular complexity index is 958. The molecule has 0 radical (unpaired) electrons. The Morgan fingerprint density at radius 2 is 1.83 bits per heavy atom. The number of amides is 1. The number of carboxylic acid groups (broad SMARTS) is 2. The van der Waals surface area contributed by atoms with Crippen molar-refractivity contribution in [2.24, 2.45) is 5.92 Å². The summed E-state index contributed by atoms with van der Waals surface area (Å²) < 4.78 is 6.86. The molecule has 1 amide bonds. The first-order valence-corrected chi connectivity index (χ1v) is 9.56. The summed E-state index contributed by atoms with van der Waals surface area (Å²) in [6.45, 7) is 7.25. The van der Waals surface area contributed by atoms with Gasteiger partial charge in [0.05, 0.1) is 11.4 Å². The minimum absolute atomic E-state index is 0.260. The van der Waals surface area contributed by atoms with E-state index in [1.807, 2.05) is 18.2 Å². The average molecular weight is 402 g/mol. The summed E-state index contributed by atoms with van der Waals surface area (Å²) >= 11 is 0. The molecule has 1 saturated heterocycles. The zero-order valence-electron chi connectivity index (χ0n) is 17.0. The standard InChI is InChI=1S/C21H26N2O6/c1-12-17(18(24)25)15(8-10-22(12)19(26)27)14-6-5-13-7-9-23(16(13)11-14)20(28)29-21(2,3)4/h5-7,9,11-12,15,17H,8,10H2,1-4H3,(H,24,25)(H,26,27). The van der Waals surface area contributed by atoms with E-state index in [0.717, 1.165) is 10.9 Å². The van der Waals surface area contributed by atoms with Crippen molar-refractivity contribution in [2.45, 2.75) is 51.7 Å². The van der Waals surface area contributed by atoms with Crippen LogP contribution in [0.2, 0.25) is 0 Å². The predicted octanol–water partition coefficient (Wildman–Crippen LogP) is 3.98. The quantitative estimate of drug-likeness (QED) is 0.786. The summed E-state index contributed by atoms with van der Waals surface area (Å²) in [5.74, 6) is -2.26. The summed E-state index contributed by atoms with van der Waals surface area (Å²) in [4.78, 5) is 37.1. The molecule has 156 valence electrons. The highest BCUT2D eigenvalue weighted by Crippen LogP contribution is 2.38. The number of carbonyl (C=O) groups is 3. The summed E-state index contributed by atoms with van der Waals surface area (Å²) in [5.41, 5.74) is 0.762. The van der Waals surface area contributed by atoms with Gasteiger partial charge in [0.1, 0.15) is 5.60 Å². The molecule has 3 unspecified atom stereocenters. The van der Waals surface area contributed by atoms with E-state index in [2.05, 4.69) is 0 Å². The topological polar surface area (TPSA) is 109 Å². The summed E-state index contributed by atoms with van der Waals surface area (Å²) in [5, 5.41) is 20.0. The number of nitrogens with zero attached hydrogens (tertiary/aromatic N) is 2. The van der Waals surface area contributed by atoms with Crippen LogP contribution in [0.5, 0.6) is 0 Å². The Labute approximate surface area is 168 Å². The van der Waals surface area contributed by atoms with E-state index in [0.29, 0.717) is 11.9 Å². The molecule has 29 heavy (non-hydrogen) atoms. The predicted molar refractivity (Wildman–Crippen MR) is 106 cm³/mol. The Kier molecular flexibility index (Phi) is 5.30. The first kappa shape index (κ1) is 20.7. The van der Waals surface area contributed by atoms with Crippen LogP contribution in [-0.2, 0) is 9.53 Å². The lowest BCUT2D eigenvalue weighted by Gasteiger charge is -2.40. The summed E-state index contributed by atoms with van der Waals surface area (Å²) in [6.07, 6.45) is 0.406. The van der Waals surface area contributed by atoms with Crippen LogP contribution in [0.4, 0.5) is 9.59 Å². The molecule has 1 aromatic carbocycles. The second-order valence-electron chi connectivity index (χ2n) is 8.46. The van der Waals surface area contributed by atoms with Crippen molar-refractivity contribution in [3.8, 4) is 0 Å². The maximum absolute atomic E-state index is 12.5. The number of hydrogen-bond donors (Lipinski definition) is 2. The molecule has 0 saturated carbocycles. The maximum Gasteiger partial charge on any atom is 0.418 e. The zero-order chi connectivity index (χ0) is 21.5. The highest BCUT2D eigenvalue weighted by atomic mass is 16.6. The Balaban J connectivity index is 1.99. The van der Waals surface area contributed by atoms with Crippen LogP contribution in [0.1, 0.15) is 45.6 Å². The smallest absolute Gasteiger partial charge is 0.418 e. The lowest BCUT2D eigenvalue weighted by molar-refractivity contribution is -0.146. The van der Waals surface area contributed by atoms with Crippen LogP contribution in [0.15, 0.2) is 30.5 Å². The van der Waals surface area contributed by atoms with Gasteiger partial charge in [-0.1, -0.05) is 12.1 Å². The number of carboxylic acids is 1. The molecule has 2 heterocycles. The zero-order valence-corrected chi connectivity index (χ0v) is 17.0. The number of ether oxygens (including phenoxy) is 1. The van der Waals surface area contributed by atoms with E-state index in [1.54, 1.807) is 40.0 Å². The molecule has 0 spiro atoms. The molecule has 1 aromatic heterocycles. The molecular formula is C21H26N2O6. The van der Waals surface area contributed by atoms with Crippen molar-refractivity contribution in [2.75, 3.05) is 6.54 Å². The van der Waals surface area contributed by atoms with Gasteiger partial charge < -0.3 is 19.8 Å². The normalized spacial score (nSPS) is 22.5. The largest absolute Gasteiger partial charge is 0.481 e. The fraction of sp³-hybridized carbons (Fsp3) is 0.476. The van der Waals surface area contributed by atoms with Crippen LogP contribution in [0.25, 0.3) is 10.9 Å². The van der Waals surface area contributed by atoms with Gasteiger partial charge >= 0.3 is 18.2 Å². The Morgan fingerprint density at radius 1 is 1.14 bits per heavy atom. The third-order valence-electron chi connectivity index (χ3n) is 5.39. The van der Waals surface area contributed by atoms with Crippen LogP contribution >= 0.6 is 0 Å². The van der Waals surface area contributed by atoms with Gasteiger partial charge in [-0.15, -0.1) is 0 Å². The minimum atomic E-state index is -1.11. The molecule has 1 aliphatic heterocycles. The molecule has 2 N–H and O–H groups in total. The van der Waals surface area contributed by atoms with Gasteiger partial charge in [0.25, 0.3) is 0 Å². The van der Waals surface area contributed by atoms with E-state index in [1.165, 1.54) is 9.47 Å². The van der Waals surface area contributed by atoms with Crippen LogP contribution in [-0.4, -0.2) is 56.0 Å². The number of carbonyl (C=O) groups excluding carboxylic acids is 1. The molecule has 3 atom stereocenters. The van der Waals surface area contributed by atoms with Crippen molar-refractivity contribution < 1.29 is 29.3 Å². The minimum Gasteiger partial charge on any atom is -0.481 e. The van der Waals surface area contributed by atoms with Crippen molar-refractivity contribution >= 4 is 29.1 Å². The summed E-state index contributed by atoms with van der Waals surface area (Å²) in [7, 11) is 0. The lowest BCUT2D eigenvalue weighted by atomic mass is 9.76. The van der Waals surface area contributed by atoms with Gasteiger partial charge in [-0.25, -0.2) is 9.59 Å². The SMILES string of the molecule is CC1C(C(=O)O)C(c2ccc3ccn(C(=O)OC(C)(C)C)c3c2)CCN1C(=O)O. The number of hydrogen-bond acceptors (Lipinski definition) is 4. The molecular weight excluding hydrogens is 376 g/mol. The van der Waals surface area contributed by atoms with Gasteiger partial charge in [-0.05, 0) is 51.8 Å². The van der Waals surface area contributed by atoms with Crippen molar-refractivity contribution in [1.29, 1.82) is 0 Å². The monoisotopic (exact) mass is 402 g/mol. The highest BCUT2D eigenvalue weighted by molar-refractivity contribution is 5.90. The first-order chi connectivity index (χ1) is 13.5. The van der Waals surface area contributed by atoms with Crippen molar-refractivity contribution in [3.05, 3.63) is 36.0 Å². The van der Waals surface area contributed by atoms with E-state index < -0.39 is 35.7 Å². The van der Waals surface area contributed by atoms with Gasteiger partial charge in [-0.3, -0.25) is 9.36 Å². The van der Waals surface area contributed by atoms with E-state index in [-0.39, 0.29) is 12.5 Å². The lowest BCUT2D eigenvalue weighted by Crippen LogP contribution is -2.51. The second-order valence-corrected chi connectivity index (χ2v) is 8.46. The number of aromatic nitrogens is 1. The fourth-order valence-electron chi connectivity index (χ4n) is 4.06. The van der Waals surface area contributed by atoms with E-state index in [9.17, 15) is 24.6 Å². The number of likely N-dealkylation sites (tertiary alicyclic amines) is 1. The third kappa shape index (κ3) is 4.06. The van der Waals surface area contributed by atoms with Crippen LogP contribution < -0.4 is 0 Å². The molecule has 1 aliphatic rings.